The van der Waals surface area contributed by atoms with Crippen LogP contribution >= 0.6 is 0 Å². The van der Waals surface area contributed by atoms with Crippen LogP contribution in [0.1, 0.15) is 45.4 Å². The Balaban J connectivity index is 1.76. The van der Waals surface area contributed by atoms with Gasteiger partial charge in [-0.1, -0.05) is 140 Å². The Morgan fingerprint density at radius 1 is 0.629 bits per heavy atom. The molecule has 0 aliphatic rings. The first kappa shape index (κ1) is 26.0. The molecule has 35 heavy (non-hydrogen) atoms. The Labute approximate surface area is 208 Å². The molecule has 0 saturated heterocycles. The van der Waals surface area contributed by atoms with E-state index >= 15 is 0 Å². The highest BCUT2D eigenvalue weighted by atomic mass is 28.4. The van der Waals surface area contributed by atoms with Gasteiger partial charge in [-0.25, -0.2) is 9.59 Å². The molecule has 0 unspecified atom stereocenters. The molecule has 0 atom stereocenters. The minimum atomic E-state index is -3.26. The molecule has 0 aromatic heterocycles. The summed E-state index contributed by atoms with van der Waals surface area (Å²) in [6, 6.07) is 28.9. The maximum Gasteiger partial charge on any atom is 0.452 e. The van der Waals surface area contributed by atoms with Crippen LogP contribution in [0.25, 0.3) is 0 Å². The third-order valence-corrected chi connectivity index (χ3v) is 9.64. The summed E-state index contributed by atoms with van der Waals surface area (Å²) >= 11 is 0. The third kappa shape index (κ3) is 7.45. The molecule has 3 aromatic carbocycles. The SMILES string of the molecule is CCCCCCCCOC(=O)/N=N/C(=O)O[Si](c1ccccc1)(c1ccccc1)c1ccccc1. The maximum atomic E-state index is 12.9. The molecule has 0 aliphatic carbocycles. The summed E-state index contributed by atoms with van der Waals surface area (Å²) < 4.78 is 11.2. The molecular weight excluding hydrogens is 456 g/mol. The van der Waals surface area contributed by atoms with Crippen LogP contribution in [0.15, 0.2) is 101 Å². The molecule has 0 bridgehead atoms. The molecule has 0 fully saturated rings. The molecule has 7 heteroatoms. The van der Waals surface area contributed by atoms with Crippen molar-refractivity contribution in [2.24, 2.45) is 10.2 Å². The van der Waals surface area contributed by atoms with Crippen LogP contribution in [0.3, 0.4) is 0 Å². The van der Waals surface area contributed by atoms with E-state index in [9.17, 15) is 9.59 Å². The van der Waals surface area contributed by atoms with Crippen molar-refractivity contribution in [2.75, 3.05) is 6.61 Å². The Hall–Kier alpha value is -3.58. The average molecular weight is 489 g/mol. The van der Waals surface area contributed by atoms with Crippen molar-refractivity contribution < 1.29 is 18.8 Å². The van der Waals surface area contributed by atoms with Crippen LogP contribution in [0.5, 0.6) is 0 Å². The zero-order chi connectivity index (χ0) is 24.8. The number of ether oxygens (including phenoxy) is 1. The quantitative estimate of drug-likeness (QED) is 0.149. The van der Waals surface area contributed by atoms with Gasteiger partial charge in [-0.3, -0.25) is 0 Å². The lowest BCUT2D eigenvalue weighted by molar-refractivity contribution is 0.151. The third-order valence-electron chi connectivity index (χ3n) is 5.72. The van der Waals surface area contributed by atoms with Crippen molar-refractivity contribution in [3.05, 3.63) is 91.0 Å². The standard InChI is InChI=1S/C28H32N2O4Si/c1-2-3-4-5-6-16-23-33-27(31)29-30-28(32)34-35(24-17-10-7-11-18-24,25-19-12-8-13-20-25)26-21-14-9-15-22-26/h7-15,17-22H,2-6,16,23H2,1H3/b30-29+. The van der Waals surface area contributed by atoms with Crippen molar-refractivity contribution in [2.45, 2.75) is 45.4 Å². The number of rotatable bonds is 11. The number of benzene rings is 3. The first-order chi connectivity index (χ1) is 17.2. The van der Waals surface area contributed by atoms with Crippen LogP contribution in [0.4, 0.5) is 9.59 Å². The molecule has 0 heterocycles. The smallest absolute Gasteiger partial charge is 0.452 e. The van der Waals surface area contributed by atoms with Crippen LogP contribution in [0.2, 0.25) is 0 Å². The van der Waals surface area contributed by atoms with E-state index in [1.54, 1.807) is 0 Å². The Bertz CT molecular complexity index is 979. The molecule has 2 amide bonds. The summed E-state index contributed by atoms with van der Waals surface area (Å²) in [7, 11) is -3.26. The van der Waals surface area contributed by atoms with Crippen LogP contribution in [-0.4, -0.2) is 27.1 Å². The van der Waals surface area contributed by atoms with Crippen molar-refractivity contribution in [1.82, 2.24) is 0 Å². The lowest BCUT2D eigenvalue weighted by atomic mass is 10.1. The number of nitrogens with zero attached hydrogens (tertiary/aromatic N) is 2. The molecule has 0 radical (unpaired) electrons. The maximum absolute atomic E-state index is 12.9. The molecule has 3 aromatic rings. The lowest BCUT2D eigenvalue weighted by Gasteiger charge is -2.31. The normalized spacial score (nSPS) is 11.3. The fourth-order valence-electron chi connectivity index (χ4n) is 4.00. The largest absolute Gasteiger partial charge is 0.487 e. The van der Waals surface area contributed by atoms with E-state index < -0.39 is 20.5 Å². The van der Waals surface area contributed by atoms with Gasteiger partial charge in [-0.05, 0) is 22.0 Å². The number of amides is 2. The van der Waals surface area contributed by atoms with E-state index in [1.807, 2.05) is 91.0 Å². The van der Waals surface area contributed by atoms with Crippen molar-refractivity contribution >= 4 is 36.1 Å². The van der Waals surface area contributed by atoms with Crippen LogP contribution in [-0.2, 0) is 9.16 Å². The highest BCUT2D eigenvalue weighted by Crippen LogP contribution is 2.11. The molecule has 6 nitrogen and oxygen atoms in total. The van der Waals surface area contributed by atoms with Crippen molar-refractivity contribution in [3.63, 3.8) is 0 Å². The van der Waals surface area contributed by atoms with Gasteiger partial charge in [0, 0.05) is 0 Å². The minimum absolute atomic E-state index is 0.260. The minimum Gasteiger partial charge on any atom is -0.487 e. The second kappa shape index (κ2) is 14.0. The second-order valence-corrected chi connectivity index (χ2v) is 11.5. The number of carbonyl (C=O) groups excluding carboxylic acids is 2. The van der Waals surface area contributed by atoms with Gasteiger partial charge in [0.2, 0.25) is 0 Å². The topological polar surface area (TPSA) is 77.3 Å². The predicted molar refractivity (Wildman–Crippen MR) is 140 cm³/mol. The molecule has 0 aliphatic heterocycles. The van der Waals surface area contributed by atoms with Crippen molar-refractivity contribution in [3.8, 4) is 0 Å². The highest BCUT2D eigenvalue weighted by Gasteiger charge is 2.45. The molecular formula is C28H32N2O4Si. The summed E-state index contributed by atoms with van der Waals surface area (Å²) in [6.07, 6.45) is 4.65. The molecule has 0 spiro atoms. The lowest BCUT2D eigenvalue weighted by Crippen LogP contribution is -2.69. The number of hydrogen-bond donors (Lipinski definition) is 0. The van der Waals surface area contributed by atoms with Gasteiger partial charge in [-0.15, -0.1) is 0 Å². The summed E-state index contributed by atoms with van der Waals surface area (Å²) in [5.74, 6) is 0. The van der Waals surface area contributed by atoms with E-state index in [0.29, 0.717) is 0 Å². The van der Waals surface area contributed by atoms with Crippen LogP contribution < -0.4 is 15.6 Å². The zero-order valence-corrected chi connectivity index (χ0v) is 21.1. The fourth-order valence-corrected chi connectivity index (χ4v) is 7.64. The molecule has 182 valence electrons. The van der Waals surface area contributed by atoms with Crippen molar-refractivity contribution in [1.29, 1.82) is 0 Å². The van der Waals surface area contributed by atoms with E-state index in [0.717, 1.165) is 34.8 Å². The summed E-state index contributed by atoms with van der Waals surface area (Å²) in [6.45, 7) is 2.43. The van der Waals surface area contributed by atoms with Gasteiger partial charge in [0.1, 0.15) is 0 Å². The van der Waals surface area contributed by atoms with E-state index in [-0.39, 0.29) is 6.61 Å². The number of unbranched alkanes of at least 4 members (excludes halogenated alkanes) is 5. The zero-order valence-electron chi connectivity index (χ0n) is 20.1. The summed E-state index contributed by atoms with van der Waals surface area (Å²) in [5, 5.41) is 9.64. The Kier molecular flexibility index (Phi) is 10.4. The Morgan fingerprint density at radius 2 is 1.06 bits per heavy atom. The average Bonchev–Trinajstić information content (AvgIpc) is 2.91. The molecule has 3 rings (SSSR count). The van der Waals surface area contributed by atoms with Gasteiger partial charge in [-0.2, -0.15) is 0 Å². The number of hydrogen-bond acceptors (Lipinski definition) is 4. The number of carbonyl (C=O) groups is 2. The van der Waals surface area contributed by atoms with E-state index in [1.165, 1.54) is 19.3 Å². The number of azo groups is 1. The van der Waals surface area contributed by atoms with E-state index in [2.05, 4.69) is 17.2 Å². The second-order valence-electron chi connectivity index (χ2n) is 8.23. The predicted octanol–water partition coefficient (Wildman–Crippen LogP) is 5.74. The molecule has 0 saturated carbocycles. The summed E-state index contributed by atoms with van der Waals surface area (Å²) in [5.41, 5.74) is 0. The fraction of sp³-hybridized carbons (Fsp3) is 0.286. The van der Waals surface area contributed by atoms with Gasteiger partial charge < -0.3 is 9.16 Å². The van der Waals surface area contributed by atoms with Crippen LogP contribution in [0, 0.1) is 0 Å². The van der Waals surface area contributed by atoms with Gasteiger partial charge >= 0.3 is 20.5 Å². The Morgan fingerprint density at radius 3 is 1.54 bits per heavy atom. The monoisotopic (exact) mass is 488 g/mol. The van der Waals surface area contributed by atoms with Gasteiger partial charge in [0.15, 0.2) is 0 Å². The van der Waals surface area contributed by atoms with Gasteiger partial charge in [0.05, 0.1) is 6.61 Å². The van der Waals surface area contributed by atoms with E-state index in [4.69, 9.17) is 9.16 Å². The first-order valence-corrected chi connectivity index (χ1v) is 14.1. The first-order valence-electron chi connectivity index (χ1n) is 12.1. The van der Waals surface area contributed by atoms with Gasteiger partial charge in [0.25, 0.3) is 0 Å². The summed E-state index contributed by atoms with van der Waals surface area (Å²) in [4.78, 5) is 24.9. The molecule has 0 N–H and O–H groups in total. The highest BCUT2D eigenvalue weighted by molar-refractivity contribution is 7.07.